The Hall–Kier alpha value is -2.27. The SMILES string of the molecule is CC(C)(C)c1ccc(NC(=O)CC2Sc3ccccc3NC2=O)cc1. The predicted molar refractivity (Wildman–Crippen MR) is 103 cm³/mol. The quantitative estimate of drug-likeness (QED) is 0.857. The normalized spacial score (nSPS) is 16.8. The molecule has 1 atom stereocenters. The largest absolute Gasteiger partial charge is 0.326 e. The summed E-state index contributed by atoms with van der Waals surface area (Å²) in [6.07, 6.45) is 0.145. The summed E-state index contributed by atoms with van der Waals surface area (Å²) in [6, 6.07) is 15.5. The zero-order chi connectivity index (χ0) is 18.0. The third-order valence-corrected chi connectivity index (χ3v) is 5.39. The maximum atomic E-state index is 12.3. The van der Waals surface area contributed by atoms with Crippen LogP contribution in [0.2, 0.25) is 0 Å². The fraction of sp³-hybridized carbons (Fsp3) is 0.300. The highest BCUT2D eigenvalue weighted by atomic mass is 32.2. The molecule has 4 nitrogen and oxygen atoms in total. The van der Waals surface area contributed by atoms with Gasteiger partial charge < -0.3 is 10.6 Å². The lowest BCUT2D eigenvalue weighted by Gasteiger charge is -2.23. The van der Waals surface area contributed by atoms with Crippen LogP contribution in [-0.2, 0) is 15.0 Å². The van der Waals surface area contributed by atoms with Crippen LogP contribution in [0.15, 0.2) is 53.4 Å². The Morgan fingerprint density at radius 2 is 1.80 bits per heavy atom. The average molecular weight is 354 g/mol. The maximum Gasteiger partial charge on any atom is 0.238 e. The number of hydrogen-bond acceptors (Lipinski definition) is 3. The van der Waals surface area contributed by atoms with Gasteiger partial charge in [-0.3, -0.25) is 9.59 Å². The zero-order valence-corrected chi connectivity index (χ0v) is 15.4. The second kappa shape index (κ2) is 6.92. The molecule has 0 aromatic heterocycles. The van der Waals surface area contributed by atoms with E-state index in [1.54, 1.807) is 0 Å². The van der Waals surface area contributed by atoms with Gasteiger partial charge in [0.1, 0.15) is 0 Å². The molecule has 5 heteroatoms. The number of amides is 2. The van der Waals surface area contributed by atoms with Gasteiger partial charge in [0.15, 0.2) is 0 Å². The molecule has 0 aliphatic carbocycles. The van der Waals surface area contributed by atoms with Crippen LogP contribution in [0.1, 0.15) is 32.8 Å². The van der Waals surface area contributed by atoms with Crippen LogP contribution >= 0.6 is 11.8 Å². The van der Waals surface area contributed by atoms with Crippen molar-refractivity contribution in [2.24, 2.45) is 0 Å². The number of rotatable bonds is 3. The van der Waals surface area contributed by atoms with Gasteiger partial charge in [0.2, 0.25) is 11.8 Å². The third-order valence-electron chi connectivity index (χ3n) is 4.11. The van der Waals surface area contributed by atoms with Gasteiger partial charge in [-0.1, -0.05) is 45.0 Å². The summed E-state index contributed by atoms with van der Waals surface area (Å²) < 4.78 is 0. The second-order valence-electron chi connectivity index (χ2n) is 7.17. The summed E-state index contributed by atoms with van der Waals surface area (Å²) in [5, 5.41) is 5.33. The molecule has 2 aromatic carbocycles. The monoisotopic (exact) mass is 354 g/mol. The number of hydrogen-bond donors (Lipinski definition) is 2. The zero-order valence-electron chi connectivity index (χ0n) is 14.6. The average Bonchev–Trinajstić information content (AvgIpc) is 2.55. The van der Waals surface area contributed by atoms with Gasteiger partial charge >= 0.3 is 0 Å². The highest BCUT2D eigenvalue weighted by Crippen LogP contribution is 2.36. The van der Waals surface area contributed by atoms with Gasteiger partial charge in [-0.2, -0.15) is 0 Å². The Balaban J connectivity index is 1.62. The van der Waals surface area contributed by atoms with Crippen molar-refractivity contribution in [3.63, 3.8) is 0 Å². The lowest BCUT2D eigenvalue weighted by Crippen LogP contribution is -2.32. The standard InChI is InChI=1S/C20H22N2O2S/c1-20(2,3)13-8-10-14(11-9-13)21-18(23)12-17-19(24)22-15-6-4-5-7-16(15)25-17/h4-11,17H,12H2,1-3H3,(H,21,23)(H,22,24). The molecule has 1 aliphatic heterocycles. The summed E-state index contributed by atoms with van der Waals surface area (Å²) in [5.74, 6) is -0.280. The van der Waals surface area contributed by atoms with Crippen molar-refractivity contribution < 1.29 is 9.59 Å². The number of fused-ring (bicyclic) bond motifs is 1. The van der Waals surface area contributed by atoms with Crippen LogP contribution in [0, 0.1) is 0 Å². The van der Waals surface area contributed by atoms with Crippen molar-refractivity contribution in [3.8, 4) is 0 Å². The van der Waals surface area contributed by atoms with E-state index in [-0.39, 0.29) is 23.7 Å². The topological polar surface area (TPSA) is 58.2 Å². The first-order chi connectivity index (χ1) is 11.8. The molecule has 0 radical (unpaired) electrons. The Bertz CT molecular complexity index is 794. The Kier molecular flexibility index (Phi) is 4.86. The van der Waals surface area contributed by atoms with Crippen molar-refractivity contribution in [1.82, 2.24) is 0 Å². The minimum Gasteiger partial charge on any atom is -0.326 e. The molecule has 0 bridgehead atoms. The predicted octanol–water partition coefficient (Wildman–Crippen LogP) is 4.43. The van der Waals surface area contributed by atoms with Gasteiger partial charge in [0.25, 0.3) is 0 Å². The number of nitrogens with one attached hydrogen (secondary N) is 2. The highest BCUT2D eigenvalue weighted by molar-refractivity contribution is 8.01. The van der Waals surface area contributed by atoms with Gasteiger partial charge in [-0.15, -0.1) is 11.8 Å². The summed E-state index contributed by atoms with van der Waals surface area (Å²) in [6.45, 7) is 6.45. The van der Waals surface area contributed by atoms with E-state index in [2.05, 4.69) is 31.4 Å². The molecule has 1 unspecified atom stereocenters. The highest BCUT2D eigenvalue weighted by Gasteiger charge is 2.28. The lowest BCUT2D eigenvalue weighted by atomic mass is 9.87. The van der Waals surface area contributed by atoms with Crippen LogP contribution < -0.4 is 10.6 Å². The second-order valence-corrected chi connectivity index (χ2v) is 8.42. The van der Waals surface area contributed by atoms with Crippen LogP contribution in [-0.4, -0.2) is 17.1 Å². The number of benzene rings is 2. The Labute approximate surface area is 152 Å². The van der Waals surface area contributed by atoms with E-state index >= 15 is 0 Å². The molecule has 2 N–H and O–H groups in total. The van der Waals surface area contributed by atoms with E-state index in [1.165, 1.54) is 17.3 Å². The van der Waals surface area contributed by atoms with Gasteiger partial charge in [-0.05, 0) is 35.2 Å². The van der Waals surface area contributed by atoms with Crippen molar-refractivity contribution in [2.75, 3.05) is 10.6 Å². The first kappa shape index (κ1) is 17.5. The minimum atomic E-state index is -0.413. The summed E-state index contributed by atoms with van der Waals surface area (Å²) >= 11 is 1.44. The molecule has 130 valence electrons. The van der Waals surface area contributed by atoms with Gasteiger partial charge in [0, 0.05) is 17.0 Å². The number of carbonyl (C=O) groups is 2. The molecule has 2 aromatic rings. The molecule has 1 aliphatic rings. The number of thioether (sulfide) groups is 1. The molecule has 0 spiro atoms. The van der Waals surface area contributed by atoms with Crippen LogP contribution in [0.5, 0.6) is 0 Å². The third kappa shape index (κ3) is 4.23. The Morgan fingerprint density at radius 1 is 1.12 bits per heavy atom. The van der Waals surface area contributed by atoms with E-state index in [0.29, 0.717) is 0 Å². The van der Waals surface area contributed by atoms with Crippen molar-refractivity contribution in [3.05, 3.63) is 54.1 Å². The smallest absolute Gasteiger partial charge is 0.238 e. The lowest BCUT2D eigenvalue weighted by molar-refractivity contribution is -0.120. The molecule has 0 fully saturated rings. The molecule has 25 heavy (non-hydrogen) atoms. The van der Waals surface area contributed by atoms with Gasteiger partial charge in [-0.25, -0.2) is 0 Å². The molecule has 3 rings (SSSR count). The van der Waals surface area contributed by atoms with Gasteiger partial charge in [0.05, 0.1) is 10.9 Å². The van der Waals surface area contributed by atoms with Crippen molar-refractivity contribution in [1.29, 1.82) is 0 Å². The first-order valence-corrected chi connectivity index (χ1v) is 9.18. The molecule has 2 amide bonds. The fourth-order valence-corrected chi connectivity index (χ4v) is 3.77. The molecule has 1 heterocycles. The van der Waals surface area contributed by atoms with Crippen LogP contribution in [0.4, 0.5) is 11.4 Å². The maximum absolute atomic E-state index is 12.3. The molecular formula is C20H22N2O2S. The molecular weight excluding hydrogens is 332 g/mol. The van der Waals surface area contributed by atoms with E-state index < -0.39 is 5.25 Å². The number of para-hydroxylation sites is 1. The van der Waals surface area contributed by atoms with Crippen molar-refractivity contribution >= 4 is 35.0 Å². The van der Waals surface area contributed by atoms with Crippen LogP contribution in [0.25, 0.3) is 0 Å². The Morgan fingerprint density at radius 3 is 2.48 bits per heavy atom. The summed E-state index contributed by atoms with van der Waals surface area (Å²) in [5.41, 5.74) is 2.85. The number of anilines is 2. The van der Waals surface area contributed by atoms with E-state index in [1.807, 2.05) is 48.5 Å². The first-order valence-electron chi connectivity index (χ1n) is 8.30. The molecule has 0 saturated carbocycles. The van der Waals surface area contributed by atoms with Crippen molar-refractivity contribution in [2.45, 2.75) is 42.8 Å². The fourth-order valence-electron chi connectivity index (χ4n) is 2.66. The number of carbonyl (C=O) groups excluding carboxylic acids is 2. The van der Waals surface area contributed by atoms with E-state index in [0.717, 1.165) is 16.3 Å². The van der Waals surface area contributed by atoms with Crippen LogP contribution in [0.3, 0.4) is 0 Å². The van der Waals surface area contributed by atoms with E-state index in [4.69, 9.17) is 0 Å². The van der Waals surface area contributed by atoms with E-state index in [9.17, 15) is 9.59 Å². The summed E-state index contributed by atoms with van der Waals surface area (Å²) in [4.78, 5) is 25.5. The minimum absolute atomic E-state index is 0.0761. The summed E-state index contributed by atoms with van der Waals surface area (Å²) in [7, 11) is 0. The molecule has 0 saturated heterocycles.